The molecule has 2 rings (SSSR count). The first-order valence-electron chi connectivity index (χ1n) is 6.99. The molecule has 1 aliphatic heterocycles. The van der Waals surface area contributed by atoms with E-state index in [-0.39, 0.29) is 11.2 Å². The summed E-state index contributed by atoms with van der Waals surface area (Å²) < 4.78 is 0. The molecule has 5 heteroatoms. The zero-order valence-electron chi connectivity index (χ0n) is 11.6. The molecule has 1 fully saturated rings. The Hall–Kier alpha value is -0.380. The van der Waals surface area contributed by atoms with Crippen LogP contribution in [0.1, 0.15) is 32.6 Å². The topological polar surface area (TPSA) is 20.3 Å². The Labute approximate surface area is 134 Å². The van der Waals surface area contributed by atoms with E-state index in [4.69, 9.17) is 23.2 Å². The van der Waals surface area contributed by atoms with E-state index in [1.54, 1.807) is 12.1 Å². The molecule has 0 bridgehead atoms. The number of carbonyl (C=O) groups is 1. The van der Waals surface area contributed by atoms with Gasteiger partial charge in [0.25, 0.3) is 0 Å². The summed E-state index contributed by atoms with van der Waals surface area (Å²) >= 11 is 13.8. The van der Waals surface area contributed by atoms with Crippen molar-refractivity contribution in [2.75, 3.05) is 13.1 Å². The van der Waals surface area contributed by atoms with Gasteiger partial charge in [-0.1, -0.05) is 42.1 Å². The number of carbonyl (C=O) groups excluding carboxylic acids is 1. The van der Waals surface area contributed by atoms with E-state index in [0.29, 0.717) is 10.0 Å². The molecular weight excluding hydrogens is 313 g/mol. The smallest absolute Gasteiger partial charge is 0.235 e. The Morgan fingerprint density at radius 1 is 1.15 bits per heavy atom. The highest BCUT2D eigenvalue weighted by molar-refractivity contribution is 8.00. The first-order chi connectivity index (χ1) is 9.59. The van der Waals surface area contributed by atoms with Gasteiger partial charge in [0.05, 0.1) is 15.3 Å². The Morgan fingerprint density at radius 3 is 2.25 bits per heavy atom. The van der Waals surface area contributed by atoms with Gasteiger partial charge in [0.1, 0.15) is 0 Å². The van der Waals surface area contributed by atoms with E-state index in [9.17, 15) is 4.79 Å². The van der Waals surface area contributed by atoms with Gasteiger partial charge >= 0.3 is 0 Å². The highest BCUT2D eigenvalue weighted by Gasteiger charge is 2.23. The van der Waals surface area contributed by atoms with E-state index in [0.717, 1.165) is 30.8 Å². The molecule has 0 aliphatic carbocycles. The monoisotopic (exact) mass is 331 g/mol. The second-order valence-electron chi connectivity index (χ2n) is 5.05. The number of nitrogens with zero attached hydrogens (tertiary/aromatic N) is 1. The summed E-state index contributed by atoms with van der Waals surface area (Å²) in [6, 6.07) is 5.42. The fourth-order valence-corrected chi connectivity index (χ4v) is 4.00. The van der Waals surface area contributed by atoms with Gasteiger partial charge in [0.15, 0.2) is 0 Å². The zero-order chi connectivity index (χ0) is 14.5. The maximum absolute atomic E-state index is 12.5. The fourth-order valence-electron chi connectivity index (χ4n) is 2.37. The third kappa shape index (κ3) is 4.06. The van der Waals surface area contributed by atoms with E-state index >= 15 is 0 Å². The van der Waals surface area contributed by atoms with Crippen LogP contribution in [0.25, 0.3) is 0 Å². The number of benzene rings is 1. The summed E-state index contributed by atoms with van der Waals surface area (Å²) in [6.45, 7) is 3.68. The second kappa shape index (κ2) is 7.58. The molecule has 2 nitrogen and oxygen atoms in total. The van der Waals surface area contributed by atoms with Crippen molar-refractivity contribution in [3.05, 3.63) is 28.2 Å². The Morgan fingerprint density at radius 2 is 1.70 bits per heavy atom. The lowest BCUT2D eigenvalue weighted by atomic mass is 10.2. The van der Waals surface area contributed by atoms with E-state index in [1.165, 1.54) is 24.6 Å². The van der Waals surface area contributed by atoms with E-state index < -0.39 is 0 Å². The lowest BCUT2D eigenvalue weighted by Gasteiger charge is -2.24. The SMILES string of the molecule is CC(Sc1c(Cl)cccc1Cl)C(=O)N1CCCCCC1. The van der Waals surface area contributed by atoms with Gasteiger partial charge in [0, 0.05) is 18.0 Å². The summed E-state index contributed by atoms with van der Waals surface area (Å²) in [4.78, 5) is 15.3. The van der Waals surface area contributed by atoms with Crippen molar-refractivity contribution in [1.29, 1.82) is 0 Å². The molecule has 0 saturated carbocycles. The molecule has 0 N–H and O–H groups in total. The van der Waals surface area contributed by atoms with Crippen molar-refractivity contribution >= 4 is 40.9 Å². The molecule has 1 amide bonds. The minimum Gasteiger partial charge on any atom is -0.342 e. The summed E-state index contributed by atoms with van der Waals surface area (Å²) in [5, 5.41) is 1.06. The van der Waals surface area contributed by atoms with Gasteiger partial charge in [-0.05, 0) is 31.9 Å². The predicted octanol–water partition coefficient (Wildman–Crippen LogP) is 4.88. The minimum atomic E-state index is -0.162. The van der Waals surface area contributed by atoms with Crippen LogP contribution in [0, 0.1) is 0 Å². The number of thioether (sulfide) groups is 1. The van der Waals surface area contributed by atoms with Crippen LogP contribution in [0.15, 0.2) is 23.1 Å². The molecule has 0 aromatic heterocycles. The number of halogens is 2. The van der Waals surface area contributed by atoms with Crippen molar-refractivity contribution in [2.24, 2.45) is 0 Å². The normalized spacial score (nSPS) is 17.6. The highest BCUT2D eigenvalue weighted by Crippen LogP contribution is 2.36. The Balaban J connectivity index is 2.03. The van der Waals surface area contributed by atoms with Crippen LogP contribution < -0.4 is 0 Å². The van der Waals surface area contributed by atoms with Crippen LogP contribution >= 0.6 is 35.0 Å². The highest BCUT2D eigenvalue weighted by atomic mass is 35.5. The quantitative estimate of drug-likeness (QED) is 0.736. The van der Waals surface area contributed by atoms with Gasteiger partial charge in [-0.25, -0.2) is 0 Å². The van der Waals surface area contributed by atoms with Crippen molar-refractivity contribution in [1.82, 2.24) is 4.90 Å². The molecule has 0 radical (unpaired) electrons. The van der Waals surface area contributed by atoms with Gasteiger partial charge in [-0.2, -0.15) is 0 Å². The second-order valence-corrected chi connectivity index (χ2v) is 7.22. The van der Waals surface area contributed by atoms with Crippen LogP contribution in [0.5, 0.6) is 0 Å². The van der Waals surface area contributed by atoms with Gasteiger partial charge < -0.3 is 4.90 Å². The van der Waals surface area contributed by atoms with Crippen LogP contribution in [0.4, 0.5) is 0 Å². The van der Waals surface area contributed by atoms with E-state index in [2.05, 4.69) is 0 Å². The number of hydrogen-bond donors (Lipinski definition) is 0. The van der Waals surface area contributed by atoms with Crippen LogP contribution in [0.3, 0.4) is 0 Å². The number of hydrogen-bond acceptors (Lipinski definition) is 2. The van der Waals surface area contributed by atoms with Crippen LogP contribution in [-0.4, -0.2) is 29.1 Å². The third-order valence-electron chi connectivity index (χ3n) is 3.48. The maximum Gasteiger partial charge on any atom is 0.235 e. The zero-order valence-corrected chi connectivity index (χ0v) is 13.9. The summed E-state index contributed by atoms with van der Waals surface area (Å²) in [5.74, 6) is 0.188. The first kappa shape index (κ1) is 16.0. The van der Waals surface area contributed by atoms with Crippen molar-refractivity contribution < 1.29 is 4.79 Å². The van der Waals surface area contributed by atoms with Crippen LogP contribution in [0.2, 0.25) is 10.0 Å². The lowest BCUT2D eigenvalue weighted by Crippen LogP contribution is -2.37. The predicted molar refractivity (Wildman–Crippen MR) is 86.8 cm³/mol. The Kier molecular flexibility index (Phi) is 6.06. The first-order valence-corrected chi connectivity index (χ1v) is 8.62. The van der Waals surface area contributed by atoms with Crippen molar-refractivity contribution in [3.63, 3.8) is 0 Å². The minimum absolute atomic E-state index is 0.162. The molecule has 1 saturated heterocycles. The molecule has 1 atom stereocenters. The molecule has 1 unspecified atom stereocenters. The molecule has 1 heterocycles. The molecule has 1 aromatic carbocycles. The number of amides is 1. The molecule has 110 valence electrons. The van der Waals surface area contributed by atoms with Crippen LogP contribution in [-0.2, 0) is 4.79 Å². The number of likely N-dealkylation sites (tertiary alicyclic amines) is 1. The third-order valence-corrected chi connectivity index (χ3v) is 5.56. The van der Waals surface area contributed by atoms with Crippen molar-refractivity contribution in [3.8, 4) is 0 Å². The fraction of sp³-hybridized carbons (Fsp3) is 0.533. The Bertz CT molecular complexity index is 453. The van der Waals surface area contributed by atoms with E-state index in [1.807, 2.05) is 17.9 Å². The number of rotatable bonds is 3. The molecule has 20 heavy (non-hydrogen) atoms. The average Bonchev–Trinajstić information content (AvgIpc) is 2.71. The summed E-state index contributed by atoms with van der Waals surface area (Å²) in [6.07, 6.45) is 4.66. The van der Waals surface area contributed by atoms with Gasteiger partial charge in [0.2, 0.25) is 5.91 Å². The summed E-state index contributed by atoms with van der Waals surface area (Å²) in [5.41, 5.74) is 0. The largest absolute Gasteiger partial charge is 0.342 e. The molecule has 1 aliphatic rings. The van der Waals surface area contributed by atoms with Crippen molar-refractivity contribution in [2.45, 2.75) is 42.8 Å². The van der Waals surface area contributed by atoms with Gasteiger partial charge in [-0.15, -0.1) is 11.8 Å². The van der Waals surface area contributed by atoms with Gasteiger partial charge in [-0.3, -0.25) is 4.79 Å². The maximum atomic E-state index is 12.5. The molecular formula is C15H19Cl2NOS. The molecule has 0 spiro atoms. The standard InChI is InChI=1S/C15H19Cl2NOS/c1-11(15(19)18-9-4-2-3-5-10-18)20-14-12(16)7-6-8-13(14)17/h6-8,11H,2-5,9-10H2,1H3. The average molecular weight is 332 g/mol. The lowest BCUT2D eigenvalue weighted by molar-refractivity contribution is -0.130. The summed E-state index contributed by atoms with van der Waals surface area (Å²) in [7, 11) is 0. The molecule has 1 aromatic rings.